The number of aldehydes is 1. The summed E-state index contributed by atoms with van der Waals surface area (Å²) >= 11 is 7.60. The molecule has 0 radical (unpaired) electrons. The maximum absolute atomic E-state index is 12.8. The number of nitrogens with two attached hydrogens (primary N) is 2. The Morgan fingerprint density at radius 1 is 1.39 bits per heavy atom. The van der Waals surface area contributed by atoms with E-state index in [4.69, 9.17) is 27.8 Å². The van der Waals surface area contributed by atoms with Crippen LogP contribution in [0, 0.1) is 6.92 Å². The second kappa shape index (κ2) is 9.00. The topological polar surface area (TPSA) is 115 Å². The van der Waals surface area contributed by atoms with E-state index in [2.05, 4.69) is 9.88 Å². The quantitative estimate of drug-likeness (QED) is 0.514. The number of allylic oxidation sites excluding steroid dienone is 1. The number of aryl methyl sites for hydroxylation is 1. The fraction of sp³-hybridized carbons (Fsp3) is 0.476. The number of halogens is 1. The molecule has 3 rings (SSSR count). The van der Waals surface area contributed by atoms with E-state index >= 15 is 0 Å². The van der Waals surface area contributed by atoms with Crippen molar-refractivity contribution in [1.82, 2.24) is 14.8 Å². The summed E-state index contributed by atoms with van der Waals surface area (Å²) in [5.74, 6) is 0.268. The summed E-state index contributed by atoms with van der Waals surface area (Å²) in [5.41, 5.74) is 13.5. The lowest BCUT2D eigenvalue weighted by Crippen LogP contribution is -2.51. The molecule has 1 fully saturated rings. The molecule has 2 aliphatic rings. The van der Waals surface area contributed by atoms with E-state index in [0.717, 1.165) is 23.3 Å². The van der Waals surface area contributed by atoms with Crippen molar-refractivity contribution < 1.29 is 14.3 Å². The van der Waals surface area contributed by atoms with Gasteiger partial charge in [-0.1, -0.05) is 11.6 Å². The normalized spacial score (nSPS) is 21.9. The lowest BCUT2D eigenvalue weighted by atomic mass is 10.1. The number of aromatic nitrogens is 1. The van der Waals surface area contributed by atoms with Gasteiger partial charge in [-0.25, -0.2) is 9.78 Å². The van der Waals surface area contributed by atoms with Gasteiger partial charge in [0.2, 0.25) is 0 Å². The third kappa shape index (κ3) is 5.46. The zero-order valence-electron chi connectivity index (χ0n) is 18.1. The molecule has 4 N–H and O–H groups in total. The summed E-state index contributed by atoms with van der Waals surface area (Å²) in [4.78, 5) is 31.8. The van der Waals surface area contributed by atoms with Crippen LogP contribution in [0.4, 0.5) is 4.79 Å². The number of amides is 1. The Hall–Kier alpha value is -2.39. The fourth-order valence-corrected chi connectivity index (χ4v) is 5.06. The number of rotatable bonds is 4. The summed E-state index contributed by atoms with van der Waals surface area (Å²) in [6.45, 7) is 8.43. The summed E-state index contributed by atoms with van der Waals surface area (Å²) in [7, 11) is 0. The molecule has 0 aliphatic carbocycles. The van der Waals surface area contributed by atoms with Crippen LogP contribution in [0.1, 0.15) is 43.1 Å². The van der Waals surface area contributed by atoms with Gasteiger partial charge in [0.15, 0.2) is 6.29 Å². The van der Waals surface area contributed by atoms with E-state index in [0.29, 0.717) is 24.4 Å². The smallest absolute Gasteiger partial charge is 0.416 e. The largest absolute Gasteiger partial charge is 0.443 e. The standard InChI is InChI=1S/C21H28ClN5O3S/c1-12-5-18(25-8-13(12)11-28)31-15-6-14-9-27(20(29)30-21(2,3)4)19(24)16(7-17(22)23)26(14)10-15/h5,7-8,11,14-15H,6,9-10,23-24H2,1-4H3/b17-7-. The molecule has 0 spiro atoms. The zero-order chi connectivity index (χ0) is 22.9. The van der Waals surface area contributed by atoms with Gasteiger partial charge < -0.3 is 21.1 Å². The Kier molecular flexibility index (Phi) is 6.76. The number of fused-ring (bicyclic) bond motifs is 1. The second-order valence-corrected chi connectivity index (χ2v) is 10.4. The summed E-state index contributed by atoms with van der Waals surface area (Å²) in [5, 5.41) is 1.15. The monoisotopic (exact) mass is 465 g/mol. The number of hydrogen-bond acceptors (Lipinski definition) is 8. The zero-order valence-corrected chi connectivity index (χ0v) is 19.7. The van der Waals surface area contributed by atoms with Crippen molar-refractivity contribution in [3.63, 3.8) is 0 Å². The number of carbonyl (C=O) groups excluding carboxylic acids is 2. The van der Waals surface area contributed by atoms with Crippen molar-refractivity contribution in [2.75, 3.05) is 13.1 Å². The van der Waals surface area contributed by atoms with E-state index in [1.807, 2.05) is 33.8 Å². The van der Waals surface area contributed by atoms with Gasteiger partial charge in [0.05, 0.1) is 17.3 Å². The number of ether oxygens (including phenoxy) is 1. The van der Waals surface area contributed by atoms with Crippen LogP contribution < -0.4 is 11.5 Å². The van der Waals surface area contributed by atoms with Crippen molar-refractivity contribution in [1.29, 1.82) is 0 Å². The fourth-order valence-electron chi connectivity index (χ4n) is 3.70. The summed E-state index contributed by atoms with van der Waals surface area (Å²) < 4.78 is 5.53. The SMILES string of the molecule is Cc1cc(SC2CC3CN(C(=O)OC(C)(C)C)C(N)=C(/C=C(\N)Cl)N3C2)ncc1C=O. The van der Waals surface area contributed by atoms with Crippen LogP contribution in [0.15, 0.2) is 40.0 Å². The molecule has 2 aliphatic heterocycles. The van der Waals surface area contributed by atoms with Crippen molar-refractivity contribution in [3.05, 3.63) is 46.1 Å². The average molecular weight is 466 g/mol. The number of hydrogen-bond donors (Lipinski definition) is 2. The molecule has 1 saturated heterocycles. The molecule has 1 aromatic heterocycles. The third-order valence-corrected chi connectivity index (χ3v) is 6.31. The third-order valence-electron chi connectivity index (χ3n) is 5.06. The molecule has 2 unspecified atom stereocenters. The van der Waals surface area contributed by atoms with Gasteiger partial charge in [-0.3, -0.25) is 9.69 Å². The molecule has 0 bridgehead atoms. The predicted molar refractivity (Wildman–Crippen MR) is 121 cm³/mol. The van der Waals surface area contributed by atoms with Crippen LogP contribution in [0.25, 0.3) is 0 Å². The molecule has 0 saturated carbocycles. The first-order valence-electron chi connectivity index (χ1n) is 9.96. The van der Waals surface area contributed by atoms with Crippen molar-refractivity contribution >= 4 is 35.7 Å². The summed E-state index contributed by atoms with van der Waals surface area (Å²) in [6.07, 6.45) is 4.29. The lowest BCUT2D eigenvalue weighted by Gasteiger charge is -2.39. The highest BCUT2D eigenvalue weighted by molar-refractivity contribution is 7.99. The van der Waals surface area contributed by atoms with Gasteiger partial charge >= 0.3 is 6.09 Å². The molecular weight excluding hydrogens is 438 g/mol. The van der Waals surface area contributed by atoms with E-state index in [9.17, 15) is 9.59 Å². The van der Waals surface area contributed by atoms with Gasteiger partial charge in [0.25, 0.3) is 0 Å². The van der Waals surface area contributed by atoms with Crippen LogP contribution >= 0.6 is 23.4 Å². The molecule has 8 nitrogen and oxygen atoms in total. The first-order valence-corrected chi connectivity index (χ1v) is 11.2. The first kappa shape index (κ1) is 23.3. The molecule has 3 heterocycles. The van der Waals surface area contributed by atoms with Gasteiger partial charge in [-0.15, -0.1) is 11.8 Å². The maximum atomic E-state index is 12.8. The molecule has 0 aromatic carbocycles. The number of nitrogens with zero attached hydrogens (tertiary/aromatic N) is 3. The molecular formula is C21H28ClN5O3S. The highest BCUT2D eigenvalue weighted by Gasteiger charge is 2.42. The Bertz CT molecular complexity index is 939. The molecule has 1 amide bonds. The van der Waals surface area contributed by atoms with Gasteiger partial charge in [0.1, 0.15) is 16.6 Å². The van der Waals surface area contributed by atoms with Gasteiger partial charge in [0, 0.05) is 29.6 Å². The molecule has 1 aromatic rings. The van der Waals surface area contributed by atoms with Crippen LogP contribution in [0.3, 0.4) is 0 Å². The average Bonchev–Trinajstić information content (AvgIpc) is 3.04. The van der Waals surface area contributed by atoms with Crippen LogP contribution in [-0.4, -0.2) is 57.1 Å². The molecule has 10 heteroatoms. The van der Waals surface area contributed by atoms with E-state index < -0.39 is 11.7 Å². The number of carbonyl (C=O) groups is 2. The number of thioether (sulfide) groups is 1. The van der Waals surface area contributed by atoms with Crippen molar-refractivity contribution in [2.24, 2.45) is 11.5 Å². The van der Waals surface area contributed by atoms with Crippen molar-refractivity contribution in [2.45, 2.75) is 56.0 Å². The van der Waals surface area contributed by atoms with Crippen molar-refractivity contribution in [3.8, 4) is 0 Å². The van der Waals surface area contributed by atoms with Gasteiger partial charge in [-0.05, 0) is 51.8 Å². The minimum atomic E-state index is -0.638. The Labute approximate surface area is 191 Å². The Balaban J connectivity index is 1.83. The predicted octanol–water partition coefficient (Wildman–Crippen LogP) is 3.15. The highest BCUT2D eigenvalue weighted by atomic mass is 35.5. The minimum Gasteiger partial charge on any atom is -0.443 e. The van der Waals surface area contributed by atoms with E-state index in [-0.39, 0.29) is 22.3 Å². The first-order chi connectivity index (χ1) is 14.5. The van der Waals surface area contributed by atoms with Crippen LogP contribution in [0.5, 0.6) is 0 Å². The molecule has 2 atom stereocenters. The maximum Gasteiger partial charge on any atom is 0.416 e. The molecule has 31 heavy (non-hydrogen) atoms. The van der Waals surface area contributed by atoms with Gasteiger partial charge in [-0.2, -0.15) is 0 Å². The second-order valence-electron chi connectivity index (χ2n) is 8.67. The highest BCUT2D eigenvalue weighted by Crippen LogP contribution is 2.38. The minimum absolute atomic E-state index is 0.0370. The lowest BCUT2D eigenvalue weighted by molar-refractivity contribution is 0.0243. The van der Waals surface area contributed by atoms with Crippen LogP contribution in [-0.2, 0) is 4.74 Å². The van der Waals surface area contributed by atoms with E-state index in [1.165, 1.54) is 4.90 Å². The van der Waals surface area contributed by atoms with E-state index in [1.54, 1.807) is 24.0 Å². The summed E-state index contributed by atoms with van der Waals surface area (Å²) in [6, 6.07) is 1.95. The number of pyridine rings is 1. The molecule has 168 valence electrons. The van der Waals surface area contributed by atoms with Crippen LogP contribution in [0.2, 0.25) is 0 Å². The Morgan fingerprint density at radius 2 is 2.10 bits per heavy atom. The Morgan fingerprint density at radius 3 is 2.68 bits per heavy atom.